The third-order valence-corrected chi connectivity index (χ3v) is 3.52. The molecule has 22 heavy (non-hydrogen) atoms. The van der Waals surface area contributed by atoms with E-state index < -0.39 is 0 Å². The molecule has 120 valence electrons. The van der Waals surface area contributed by atoms with E-state index in [-0.39, 0.29) is 6.09 Å². The molecule has 2 rings (SSSR count). The van der Waals surface area contributed by atoms with Crippen LogP contribution in [-0.2, 0) is 16.1 Å². The molecule has 1 aromatic carbocycles. The highest BCUT2D eigenvalue weighted by atomic mass is 16.6. The quantitative estimate of drug-likeness (QED) is 0.620. The molecule has 5 heteroatoms. The lowest BCUT2D eigenvalue weighted by atomic mass is 10.1. The van der Waals surface area contributed by atoms with Gasteiger partial charge in [0, 0.05) is 33.3 Å². The van der Waals surface area contributed by atoms with Gasteiger partial charge in [-0.15, -0.1) is 0 Å². The van der Waals surface area contributed by atoms with Gasteiger partial charge in [0.05, 0.1) is 6.61 Å². The molecule has 0 aromatic heterocycles. The van der Waals surface area contributed by atoms with E-state index in [9.17, 15) is 4.79 Å². The van der Waals surface area contributed by atoms with Gasteiger partial charge in [-0.25, -0.2) is 4.79 Å². The molecule has 0 saturated heterocycles. The highest BCUT2D eigenvalue weighted by Crippen LogP contribution is 2.11. The molecule has 1 aromatic rings. The van der Waals surface area contributed by atoms with Crippen LogP contribution in [0.1, 0.15) is 12.0 Å². The predicted octanol–water partition coefficient (Wildman–Crippen LogP) is 2.19. The number of carbonyl (C=O) groups excluding carboxylic acids is 1. The molecule has 1 aliphatic rings. The Bertz CT molecular complexity index is 488. The minimum atomic E-state index is -0.244. The lowest BCUT2D eigenvalue weighted by Crippen LogP contribution is -2.38. The van der Waals surface area contributed by atoms with Crippen LogP contribution in [0, 0.1) is 0 Å². The molecule has 0 spiro atoms. The SMILES string of the molecule is COCCNCC1=CCCN(C(=O)OCc2ccccc2)C1. The summed E-state index contributed by atoms with van der Waals surface area (Å²) in [7, 11) is 1.69. The van der Waals surface area contributed by atoms with Crippen molar-refractivity contribution >= 4 is 6.09 Å². The Balaban J connectivity index is 1.73. The van der Waals surface area contributed by atoms with Gasteiger partial charge in [-0.3, -0.25) is 0 Å². The van der Waals surface area contributed by atoms with E-state index in [1.807, 2.05) is 30.3 Å². The lowest BCUT2D eigenvalue weighted by Gasteiger charge is -2.27. The minimum absolute atomic E-state index is 0.244. The zero-order valence-corrected chi connectivity index (χ0v) is 13.1. The number of ether oxygens (including phenoxy) is 2. The summed E-state index contributed by atoms with van der Waals surface area (Å²) in [5, 5.41) is 3.30. The number of methoxy groups -OCH3 is 1. The molecule has 0 saturated carbocycles. The van der Waals surface area contributed by atoms with E-state index in [0.29, 0.717) is 19.8 Å². The van der Waals surface area contributed by atoms with Crippen molar-refractivity contribution in [1.29, 1.82) is 0 Å². The van der Waals surface area contributed by atoms with Gasteiger partial charge in [0.25, 0.3) is 0 Å². The number of hydrogen-bond acceptors (Lipinski definition) is 4. The van der Waals surface area contributed by atoms with E-state index in [1.54, 1.807) is 12.0 Å². The molecular weight excluding hydrogens is 280 g/mol. The zero-order valence-electron chi connectivity index (χ0n) is 13.1. The summed E-state index contributed by atoms with van der Waals surface area (Å²) < 4.78 is 10.4. The Morgan fingerprint density at radius 2 is 2.14 bits per heavy atom. The summed E-state index contributed by atoms with van der Waals surface area (Å²) in [5.41, 5.74) is 2.23. The number of carbonyl (C=O) groups is 1. The molecular formula is C17H24N2O3. The van der Waals surface area contributed by atoms with Crippen molar-refractivity contribution in [3.05, 3.63) is 47.5 Å². The summed E-state index contributed by atoms with van der Waals surface area (Å²) in [6, 6.07) is 9.74. The Hall–Kier alpha value is -1.85. The highest BCUT2D eigenvalue weighted by molar-refractivity contribution is 5.68. The first kappa shape index (κ1) is 16.5. The lowest BCUT2D eigenvalue weighted by molar-refractivity contribution is 0.0981. The van der Waals surface area contributed by atoms with Crippen LogP contribution in [0.2, 0.25) is 0 Å². The van der Waals surface area contributed by atoms with Gasteiger partial charge >= 0.3 is 6.09 Å². The smallest absolute Gasteiger partial charge is 0.410 e. The molecule has 1 heterocycles. The van der Waals surface area contributed by atoms with Crippen LogP contribution in [0.25, 0.3) is 0 Å². The Morgan fingerprint density at radius 3 is 2.91 bits per heavy atom. The molecule has 0 unspecified atom stereocenters. The van der Waals surface area contributed by atoms with Crippen molar-refractivity contribution in [2.24, 2.45) is 0 Å². The first-order valence-electron chi connectivity index (χ1n) is 7.63. The van der Waals surface area contributed by atoms with E-state index in [0.717, 1.165) is 31.6 Å². The van der Waals surface area contributed by atoms with E-state index >= 15 is 0 Å². The third kappa shape index (κ3) is 5.50. The summed E-state index contributed by atoms with van der Waals surface area (Å²) in [5.74, 6) is 0. The van der Waals surface area contributed by atoms with Crippen LogP contribution < -0.4 is 5.32 Å². The summed E-state index contributed by atoms with van der Waals surface area (Å²) in [6.07, 6.45) is 2.83. The van der Waals surface area contributed by atoms with Crippen molar-refractivity contribution < 1.29 is 14.3 Å². The fraction of sp³-hybridized carbons (Fsp3) is 0.471. The van der Waals surface area contributed by atoms with E-state index in [2.05, 4.69) is 11.4 Å². The van der Waals surface area contributed by atoms with E-state index in [4.69, 9.17) is 9.47 Å². The largest absolute Gasteiger partial charge is 0.445 e. The molecule has 0 bridgehead atoms. The van der Waals surface area contributed by atoms with Gasteiger partial charge in [-0.05, 0) is 17.6 Å². The van der Waals surface area contributed by atoms with Crippen LogP contribution in [0.5, 0.6) is 0 Å². The number of amides is 1. The van der Waals surface area contributed by atoms with Crippen LogP contribution >= 0.6 is 0 Å². The Morgan fingerprint density at radius 1 is 1.32 bits per heavy atom. The monoisotopic (exact) mass is 304 g/mol. The maximum atomic E-state index is 12.1. The number of rotatable bonds is 7. The minimum Gasteiger partial charge on any atom is -0.445 e. The van der Waals surface area contributed by atoms with Crippen molar-refractivity contribution in [2.75, 3.05) is 39.9 Å². The van der Waals surface area contributed by atoms with Crippen LogP contribution in [-0.4, -0.2) is 50.9 Å². The molecule has 1 N–H and O–H groups in total. The molecule has 0 aliphatic carbocycles. The summed E-state index contributed by atoms with van der Waals surface area (Å²) in [4.78, 5) is 13.9. The average Bonchev–Trinajstić information content (AvgIpc) is 2.58. The van der Waals surface area contributed by atoms with Gasteiger partial charge < -0.3 is 19.7 Å². The van der Waals surface area contributed by atoms with Crippen LogP contribution in [0.15, 0.2) is 42.0 Å². The number of benzene rings is 1. The predicted molar refractivity (Wildman–Crippen MR) is 85.6 cm³/mol. The summed E-state index contributed by atoms with van der Waals surface area (Å²) in [6.45, 7) is 3.96. The normalized spacial score (nSPS) is 14.6. The van der Waals surface area contributed by atoms with Crippen molar-refractivity contribution in [3.8, 4) is 0 Å². The van der Waals surface area contributed by atoms with Gasteiger partial charge in [-0.1, -0.05) is 36.4 Å². The fourth-order valence-electron chi connectivity index (χ4n) is 2.33. The first-order valence-corrected chi connectivity index (χ1v) is 7.63. The van der Waals surface area contributed by atoms with E-state index in [1.165, 1.54) is 5.57 Å². The number of nitrogens with zero attached hydrogens (tertiary/aromatic N) is 1. The maximum Gasteiger partial charge on any atom is 0.410 e. The zero-order chi connectivity index (χ0) is 15.6. The van der Waals surface area contributed by atoms with Crippen molar-refractivity contribution in [3.63, 3.8) is 0 Å². The molecule has 0 radical (unpaired) electrons. The standard InChI is InChI=1S/C17H24N2O3/c1-21-11-9-18-12-16-8-5-10-19(13-16)17(20)22-14-15-6-3-2-4-7-15/h2-4,6-8,18H,5,9-14H2,1H3. The molecule has 0 fully saturated rings. The molecule has 1 amide bonds. The highest BCUT2D eigenvalue weighted by Gasteiger charge is 2.19. The Labute approximate surface area is 131 Å². The fourth-order valence-corrected chi connectivity index (χ4v) is 2.33. The van der Waals surface area contributed by atoms with Gasteiger partial charge in [0.2, 0.25) is 0 Å². The van der Waals surface area contributed by atoms with Crippen molar-refractivity contribution in [1.82, 2.24) is 10.2 Å². The second-order valence-electron chi connectivity index (χ2n) is 5.28. The number of hydrogen-bond donors (Lipinski definition) is 1. The van der Waals surface area contributed by atoms with Gasteiger partial charge in [0.15, 0.2) is 0 Å². The molecule has 5 nitrogen and oxygen atoms in total. The summed E-state index contributed by atoms with van der Waals surface area (Å²) >= 11 is 0. The molecule has 0 atom stereocenters. The second-order valence-corrected chi connectivity index (χ2v) is 5.28. The topological polar surface area (TPSA) is 50.8 Å². The van der Waals surface area contributed by atoms with Gasteiger partial charge in [-0.2, -0.15) is 0 Å². The van der Waals surface area contributed by atoms with Crippen molar-refractivity contribution in [2.45, 2.75) is 13.0 Å². The van der Waals surface area contributed by atoms with Gasteiger partial charge in [0.1, 0.15) is 6.61 Å². The molecule has 1 aliphatic heterocycles. The van der Waals surface area contributed by atoms with Crippen LogP contribution in [0.4, 0.5) is 4.79 Å². The van der Waals surface area contributed by atoms with Crippen LogP contribution in [0.3, 0.4) is 0 Å². The average molecular weight is 304 g/mol. The second kappa shape index (κ2) is 9.23. The third-order valence-electron chi connectivity index (χ3n) is 3.52. The number of nitrogens with one attached hydrogen (secondary N) is 1. The Kier molecular flexibility index (Phi) is 6.93. The maximum absolute atomic E-state index is 12.1. The first-order chi connectivity index (χ1) is 10.8.